The number of fused-ring (bicyclic) bond motifs is 2. The Labute approximate surface area is 523 Å². The summed E-state index contributed by atoms with van der Waals surface area (Å²) in [6.07, 6.45) is -1.89. The maximum Gasteiger partial charge on any atom is 0.422 e. The molecule has 7 rings (SSSR count). The molecule has 0 radical (unpaired) electrons. The number of hydrogen-bond acceptors (Lipinski definition) is 18. The standard InChI is InChI=1S/C33H39F3O10.C33H37F3O9/c1-20(21(2)37)14-15-25(44-31(40)22-10-7-6-8-11-22)29-26(45-32(3,4)46-29)13-9-12-23-16-24(42-18-33(34,35)36)17-27(43-19-41-5)28(23)30(38)39;1-20-14-15-25(43-30(37)22-10-7-6-8-11-22)29-26(44-32(3,4)45-29)13-9-12-23-16-24(40-18-33(34,35)36)17-27(41-19-39-5)28(23)31(38)42-21(20)2/h6-12,14-17,20-21,25-26,29,37H,13,18-19H2,1-5H3,(H,38,39);6-12,14-17,20-21,25-26,29H,13,18-19H2,1-5H3/b2*12-9+,15-14-/t2*20-,21+,25?,26+,29-/m11/s1. The summed E-state index contributed by atoms with van der Waals surface area (Å²) in [6.45, 7) is 10.0. The molecule has 2 fully saturated rings. The Balaban J connectivity index is 0.000000289. The number of carboxylic acid groups (broad SMARTS) is 1. The van der Waals surface area contributed by atoms with Crippen molar-refractivity contribution in [1.29, 1.82) is 0 Å². The van der Waals surface area contributed by atoms with Gasteiger partial charge in [-0.1, -0.05) is 86.7 Å². The highest BCUT2D eigenvalue weighted by atomic mass is 19.4. The van der Waals surface area contributed by atoms with Crippen LogP contribution in [0.5, 0.6) is 23.0 Å². The highest BCUT2D eigenvalue weighted by molar-refractivity contribution is 5.97. The van der Waals surface area contributed by atoms with Crippen molar-refractivity contribution in [3.05, 3.63) is 155 Å². The number of carboxylic acids is 1. The maximum atomic E-state index is 13.5. The van der Waals surface area contributed by atoms with Gasteiger partial charge in [-0.3, -0.25) is 0 Å². The number of hydrogen-bond donors (Lipinski definition) is 2. The monoisotopic (exact) mass is 1290 g/mol. The van der Waals surface area contributed by atoms with Gasteiger partial charge in [0.25, 0.3) is 0 Å². The lowest BCUT2D eigenvalue weighted by Gasteiger charge is -2.25. The van der Waals surface area contributed by atoms with Crippen molar-refractivity contribution in [2.45, 2.75) is 141 Å². The van der Waals surface area contributed by atoms with Gasteiger partial charge in [-0.25, -0.2) is 19.2 Å². The number of aromatic carboxylic acids is 1. The summed E-state index contributed by atoms with van der Waals surface area (Å²) >= 11 is 0. The molecule has 0 aliphatic carbocycles. The van der Waals surface area contributed by atoms with Crippen LogP contribution in [0, 0.1) is 11.8 Å². The van der Waals surface area contributed by atoms with E-state index in [0.29, 0.717) is 11.1 Å². The van der Waals surface area contributed by atoms with Crippen molar-refractivity contribution in [3.8, 4) is 23.0 Å². The van der Waals surface area contributed by atoms with Crippen LogP contribution in [0.2, 0.25) is 0 Å². The number of alkyl halides is 6. The molecule has 0 amide bonds. The van der Waals surface area contributed by atoms with E-state index in [2.05, 4.69) is 0 Å². The first-order valence-corrected chi connectivity index (χ1v) is 28.9. The van der Waals surface area contributed by atoms with Crippen LogP contribution in [0.4, 0.5) is 26.3 Å². The van der Waals surface area contributed by atoms with Gasteiger partial charge in [-0.05, 0) is 120 Å². The summed E-state index contributed by atoms with van der Waals surface area (Å²) in [5.74, 6) is -6.82. The molecule has 25 heteroatoms. The van der Waals surface area contributed by atoms with Crippen molar-refractivity contribution in [2.75, 3.05) is 41.0 Å². The molecule has 0 aromatic heterocycles. The zero-order valence-corrected chi connectivity index (χ0v) is 51.8. The Kier molecular flexibility index (Phi) is 25.8. The van der Waals surface area contributed by atoms with Crippen molar-refractivity contribution in [3.63, 3.8) is 0 Å². The molecule has 0 spiro atoms. The van der Waals surface area contributed by atoms with E-state index in [1.54, 1.807) is 152 Å². The normalized spacial score (nSPS) is 23.2. The molecule has 10 atom stereocenters. The number of cyclic esters (lactones) is 1. The maximum absolute atomic E-state index is 13.5. The molecular formula is C66H76F6O19. The first-order valence-electron chi connectivity index (χ1n) is 28.9. The first kappa shape index (κ1) is 72.3. The fourth-order valence-electron chi connectivity index (χ4n) is 9.39. The summed E-state index contributed by atoms with van der Waals surface area (Å²) < 4.78 is 150. The molecule has 19 nitrogen and oxygen atoms in total. The van der Waals surface area contributed by atoms with E-state index in [-0.39, 0.29) is 83.5 Å². The van der Waals surface area contributed by atoms with Crippen LogP contribution in [0.1, 0.15) is 121 Å². The van der Waals surface area contributed by atoms with E-state index >= 15 is 0 Å². The third-order valence-electron chi connectivity index (χ3n) is 14.0. The van der Waals surface area contributed by atoms with Gasteiger partial charge in [-0.2, -0.15) is 26.3 Å². The number of carbonyl (C=O) groups is 4. The molecule has 91 heavy (non-hydrogen) atoms. The number of esters is 3. The Morgan fingerprint density at radius 2 is 1.30 bits per heavy atom. The van der Waals surface area contributed by atoms with Gasteiger partial charge >= 0.3 is 36.2 Å². The minimum atomic E-state index is -4.63. The number of carbonyl (C=O) groups excluding carboxylic acids is 3. The molecule has 3 aliphatic heterocycles. The number of aliphatic hydroxyl groups is 1. The van der Waals surface area contributed by atoms with Gasteiger partial charge in [0.15, 0.2) is 38.4 Å². The molecule has 2 N–H and O–H groups in total. The Morgan fingerprint density at radius 1 is 0.725 bits per heavy atom. The quantitative estimate of drug-likeness (QED) is 0.0245. The minimum Gasteiger partial charge on any atom is -0.484 e. The van der Waals surface area contributed by atoms with Crippen LogP contribution in [0.3, 0.4) is 0 Å². The lowest BCUT2D eigenvalue weighted by Crippen LogP contribution is -2.37. The largest absolute Gasteiger partial charge is 0.484 e. The predicted molar refractivity (Wildman–Crippen MR) is 317 cm³/mol. The lowest BCUT2D eigenvalue weighted by molar-refractivity contribution is -0.154. The molecule has 3 heterocycles. The average Bonchev–Trinajstić information content (AvgIpc) is 2.03. The summed E-state index contributed by atoms with van der Waals surface area (Å²) in [6, 6.07) is 21.6. The van der Waals surface area contributed by atoms with Gasteiger partial charge in [0.05, 0.1) is 29.4 Å². The summed E-state index contributed by atoms with van der Waals surface area (Å²) in [4.78, 5) is 51.8. The molecule has 0 bridgehead atoms. The van der Waals surface area contributed by atoms with Crippen LogP contribution < -0.4 is 18.9 Å². The molecule has 0 saturated carbocycles. The number of aliphatic hydroxyl groups excluding tert-OH is 1. The van der Waals surface area contributed by atoms with Gasteiger partial charge in [0, 0.05) is 32.3 Å². The van der Waals surface area contributed by atoms with Gasteiger partial charge in [-0.15, -0.1) is 0 Å². The SMILES string of the molecule is COCOc1cc(OCC(F)(F)F)cc(/C=C/C[C@@H]2OC(C)(C)O[C@@H]2C(/C=C\[C@@H](C)[C@H](C)O)OC(=O)c2ccccc2)c1C(=O)O.COCOc1cc(OCC(F)(F)F)cc2c1C(=O)O[C@@H](C)[C@H](C)/C=C\C(OC(=O)c1ccccc1)[C@H]1OC(C)(C)O[C@H]1C/C=C/2. The topological polar surface area (TPSA) is 229 Å². The molecule has 4 aromatic carbocycles. The number of halogens is 6. The third-order valence-corrected chi connectivity index (χ3v) is 14.0. The van der Waals surface area contributed by atoms with E-state index < -0.39 is 110 Å². The highest BCUT2D eigenvalue weighted by Crippen LogP contribution is 2.39. The van der Waals surface area contributed by atoms with Crippen LogP contribution in [-0.2, 0) is 42.6 Å². The summed E-state index contributed by atoms with van der Waals surface area (Å²) in [5, 5.41) is 19.9. The van der Waals surface area contributed by atoms with Crippen molar-refractivity contribution >= 4 is 36.0 Å². The molecule has 2 saturated heterocycles. The van der Waals surface area contributed by atoms with Crippen molar-refractivity contribution in [1.82, 2.24) is 0 Å². The average molecular weight is 1290 g/mol. The third kappa shape index (κ3) is 22.2. The van der Waals surface area contributed by atoms with Crippen molar-refractivity contribution < 1.29 is 117 Å². The van der Waals surface area contributed by atoms with Gasteiger partial charge in [0.1, 0.15) is 64.6 Å². The molecule has 4 aromatic rings. The molecule has 2 unspecified atom stereocenters. The van der Waals surface area contributed by atoms with Gasteiger partial charge < -0.3 is 71.8 Å². The second-order valence-corrected chi connectivity index (χ2v) is 22.4. The number of ether oxygens (including phenoxy) is 13. The van der Waals surface area contributed by atoms with Crippen LogP contribution in [0.25, 0.3) is 12.2 Å². The number of rotatable bonds is 22. The van der Waals surface area contributed by atoms with E-state index in [9.17, 15) is 55.7 Å². The van der Waals surface area contributed by atoms with Crippen molar-refractivity contribution in [2.24, 2.45) is 11.8 Å². The Bertz CT molecular complexity index is 3180. The highest BCUT2D eigenvalue weighted by Gasteiger charge is 2.47. The van der Waals surface area contributed by atoms with Crippen LogP contribution >= 0.6 is 0 Å². The molecule has 3 aliphatic rings. The van der Waals surface area contributed by atoms with Crippen LogP contribution in [0.15, 0.2) is 121 Å². The zero-order valence-electron chi connectivity index (χ0n) is 51.8. The van der Waals surface area contributed by atoms with E-state index in [4.69, 9.17) is 61.6 Å². The summed E-state index contributed by atoms with van der Waals surface area (Å²) in [7, 11) is 2.67. The fraction of sp³-hybridized carbons (Fsp3) is 0.455. The second-order valence-electron chi connectivity index (χ2n) is 22.4. The van der Waals surface area contributed by atoms with E-state index in [1.165, 1.54) is 32.4 Å². The first-order chi connectivity index (χ1) is 42.9. The predicted octanol–water partition coefficient (Wildman–Crippen LogP) is 12.5. The Hall–Kier alpha value is -7.78. The fourth-order valence-corrected chi connectivity index (χ4v) is 9.39. The zero-order chi connectivity index (χ0) is 66.8. The molecular weight excluding hydrogens is 1210 g/mol. The Morgan fingerprint density at radius 3 is 1.88 bits per heavy atom. The van der Waals surface area contributed by atoms with Crippen LogP contribution in [-0.4, -0.2) is 148 Å². The molecule has 496 valence electrons. The summed E-state index contributed by atoms with van der Waals surface area (Å²) in [5.41, 5.74) is 0.544. The minimum absolute atomic E-state index is 0.00529. The number of benzene rings is 4. The smallest absolute Gasteiger partial charge is 0.422 e. The number of methoxy groups -OCH3 is 2. The second kappa shape index (κ2) is 32.5. The van der Waals surface area contributed by atoms with Gasteiger partial charge in [0.2, 0.25) is 0 Å². The lowest BCUT2D eigenvalue weighted by atomic mass is 9.98. The van der Waals surface area contributed by atoms with E-state index in [0.717, 1.165) is 12.1 Å². The van der Waals surface area contributed by atoms with E-state index in [1.807, 2.05) is 6.92 Å².